The Morgan fingerprint density at radius 2 is 0.419 bits per heavy atom. The smallest absolute Gasteiger partial charge is 0.101 e. The Bertz CT molecular complexity index is 9210. The summed E-state index contributed by atoms with van der Waals surface area (Å²) in [5, 5.41) is 60.0. The van der Waals surface area contributed by atoms with E-state index in [0.29, 0.717) is 22.3 Å². The maximum Gasteiger partial charge on any atom is 0.101 e. The zero-order chi connectivity index (χ0) is 81.8. The van der Waals surface area contributed by atoms with Gasteiger partial charge < -0.3 is 37.2 Å². The number of benzene rings is 18. The van der Waals surface area contributed by atoms with E-state index in [1.807, 2.05) is 121 Å². The van der Waals surface area contributed by atoms with Crippen molar-refractivity contribution in [1.82, 2.24) is 17.6 Å². The van der Waals surface area contributed by atoms with E-state index in [-0.39, 0.29) is 0 Å². The molecule has 0 unspecified atom stereocenters. The van der Waals surface area contributed by atoms with Crippen molar-refractivity contribution < 1.29 is 0 Å². The quantitative estimate of drug-likeness (QED) is 0.112. The highest BCUT2D eigenvalue weighted by Gasteiger charge is 2.31. The third-order valence-corrected chi connectivity index (χ3v) is 26.0. The lowest BCUT2D eigenvalue weighted by atomic mass is 9.95. The predicted octanol–water partition coefficient (Wildman–Crippen LogP) is 29.3. The number of hydrogen-bond acceptors (Lipinski definition) is 8. The monoisotopic (exact) mass is 1570 g/mol. The van der Waals surface area contributed by atoms with Gasteiger partial charge in [-0.1, -0.05) is 146 Å². The van der Waals surface area contributed by atoms with Crippen LogP contribution in [0.15, 0.2) is 376 Å². The lowest BCUT2D eigenvalue weighted by Crippen LogP contribution is -2.11. The Balaban J connectivity index is 0.747. The summed E-state index contributed by atoms with van der Waals surface area (Å²) in [4.78, 5) is 8.91. The van der Waals surface area contributed by atoms with E-state index in [1.54, 1.807) is 0 Å². The van der Waals surface area contributed by atoms with Gasteiger partial charge in [0.2, 0.25) is 0 Å². The van der Waals surface area contributed by atoms with Gasteiger partial charge in [-0.05, 0) is 242 Å². The largest absolute Gasteiger partial charge is 0.310 e. The average molecular weight is 1580 g/mol. The highest BCUT2D eigenvalue weighted by Crippen LogP contribution is 2.53. The summed E-state index contributed by atoms with van der Waals surface area (Å²) in [5.74, 6) is 0. The van der Waals surface area contributed by atoms with Gasteiger partial charge in [-0.2, -0.15) is 21.0 Å². The zero-order valence-corrected chi connectivity index (χ0v) is 66.2. The molecule has 0 aliphatic rings. The van der Waals surface area contributed by atoms with E-state index in [0.717, 1.165) is 232 Å². The van der Waals surface area contributed by atoms with Crippen molar-refractivity contribution in [2.45, 2.75) is 0 Å². The second-order valence-corrected chi connectivity index (χ2v) is 32.4. The van der Waals surface area contributed by atoms with Crippen LogP contribution in [0.2, 0.25) is 0 Å². The van der Waals surface area contributed by atoms with Crippen molar-refractivity contribution in [3.63, 3.8) is 0 Å². The summed E-state index contributed by atoms with van der Waals surface area (Å²) in [5.41, 5.74) is 28.7. The van der Waals surface area contributed by atoms with Crippen LogP contribution in [-0.2, 0) is 0 Å². The molecule has 26 aromatic rings. The molecule has 12 heteroatoms. The Labute approximate surface area is 708 Å². The van der Waals surface area contributed by atoms with Crippen LogP contribution in [0.1, 0.15) is 22.3 Å². The highest BCUT2D eigenvalue weighted by molar-refractivity contribution is 6.33. The molecule has 0 bridgehead atoms. The molecule has 18 aromatic carbocycles. The molecule has 0 aliphatic heterocycles. The number of rotatable bonds is 13. The minimum Gasteiger partial charge on any atom is -0.310 e. The molecule has 570 valence electrons. The molecule has 124 heavy (non-hydrogen) atoms. The number of aromatic nitrogens is 4. The number of hydrogen-bond donors (Lipinski definition) is 0. The van der Waals surface area contributed by atoms with Gasteiger partial charge in [0.25, 0.3) is 0 Å². The summed E-state index contributed by atoms with van der Waals surface area (Å²) >= 11 is 0. The van der Waals surface area contributed by atoms with Gasteiger partial charge in [-0.25, -0.2) is 0 Å². The fourth-order valence-electron chi connectivity index (χ4n) is 20.9. The Kier molecular flexibility index (Phi) is 14.3. The van der Waals surface area contributed by atoms with Crippen LogP contribution >= 0.6 is 0 Å². The second-order valence-electron chi connectivity index (χ2n) is 32.4. The summed E-state index contributed by atoms with van der Waals surface area (Å²) in [6, 6.07) is 143. The van der Waals surface area contributed by atoms with E-state index < -0.39 is 0 Å². The van der Waals surface area contributed by atoms with Crippen molar-refractivity contribution in [2.24, 2.45) is 0 Å². The SMILES string of the molecule is N#Cc1cccc(N(c2ccccc2)c2ccc3c(c2)c2cccc4c5cc6c(cc5n3c24)c2cc(-c3cc4c5cc(N(c7ccccc7)c7ccccc7C#N)ccc5n5c7cc8c9cccc%10c%11cc(N(c%12ccccc%12)c%12ccccc%12C#N)ccc%11n(c8cc7c(c3)c45)c%109)cc3c4cc(N(c5ccccc5)c5cccc(C#N)c5)ccc4n6c32)c1. The molecule has 0 radical (unpaired) electrons. The first kappa shape index (κ1) is 68.4. The Hall–Kier alpha value is -17.7. The fraction of sp³-hybridized carbons (Fsp3) is 0. The van der Waals surface area contributed by atoms with Crippen LogP contribution in [0.3, 0.4) is 0 Å². The molecule has 0 atom stereocenters. The van der Waals surface area contributed by atoms with Crippen molar-refractivity contribution in [3.05, 3.63) is 398 Å². The minimum atomic E-state index is 0.566. The first-order valence-corrected chi connectivity index (χ1v) is 41.5. The van der Waals surface area contributed by atoms with Gasteiger partial charge in [-0.3, -0.25) is 0 Å². The zero-order valence-electron chi connectivity index (χ0n) is 66.2. The van der Waals surface area contributed by atoms with Gasteiger partial charge in [0.1, 0.15) is 12.1 Å². The van der Waals surface area contributed by atoms with Gasteiger partial charge in [-0.15, -0.1) is 0 Å². The molecular formula is C112H62N12. The predicted molar refractivity (Wildman–Crippen MR) is 508 cm³/mol. The lowest BCUT2D eigenvalue weighted by Gasteiger charge is -2.26. The van der Waals surface area contributed by atoms with Crippen LogP contribution in [-0.4, -0.2) is 17.6 Å². The summed E-state index contributed by atoms with van der Waals surface area (Å²) in [7, 11) is 0. The standard InChI is InChI=1S/C112H62N12/c113-63-67-21-17-33-77(49-67)117(73-25-5-1-6-26-73)79-41-45-101-87(55-79)83-35-19-37-85-91-59-107-93(61-105(91)121(101)109(83)85)97-53-71(51-95-89-56-80(42-46-103(89)123(107)111(95)97)118(74-27-7-2-8-28-74)78-34-18-22-68(50-78)64-114)72-52-96-90-58-82(120(76-31-11-4-12-32-76)100-40-16-14-24-70(100)66-116)44-48-104(90)124-108-60-92-86-38-20-36-84-88-57-81(119(75-29-9-3-10-30-75)99-39-15-13-23-69(99)65-115)43-47-102(88)122(110(84)86)106(92)62-94(108)98(54-72)112(96)124/h1-62H. The molecule has 0 N–H and O–H groups in total. The molecule has 0 amide bonds. The highest BCUT2D eigenvalue weighted by atomic mass is 15.2. The van der Waals surface area contributed by atoms with Crippen molar-refractivity contribution in [1.29, 1.82) is 21.0 Å². The number of anilines is 12. The number of nitrogens with zero attached hydrogens (tertiary/aromatic N) is 12. The number of para-hydroxylation sites is 8. The van der Waals surface area contributed by atoms with Crippen LogP contribution in [0, 0.1) is 45.3 Å². The topological polar surface area (TPSA) is 126 Å². The van der Waals surface area contributed by atoms with Crippen molar-refractivity contribution in [2.75, 3.05) is 19.6 Å². The Morgan fingerprint density at radius 1 is 0.169 bits per heavy atom. The maximum absolute atomic E-state index is 10.9. The minimum absolute atomic E-state index is 0.566. The number of fused-ring (bicyclic) bond motifs is 24. The van der Waals surface area contributed by atoms with Crippen molar-refractivity contribution in [3.8, 4) is 35.4 Å². The molecule has 0 saturated heterocycles. The fourth-order valence-corrected chi connectivity index (χ4v) is 20.9. The molecule has 26 rings (SSSR count). The maximum atomic E-state index is 10.9. The molecule has 12 nitrogen and oxygen atoms in total. The van der Waals surface area contributed by atoms with Crippen LogP contribution in [0.5, 0.6) is 0 Å². The number of nitriles is 4. The van der Waals surface area contributed by atoms with E-state index >= 15 is 0 Å². The van der Waals surface area contributed by atoms with E-state index in [2.05, 4.69) is 316 Å². The normalized spacial score (nSPS) is 12.0. The second kappa shape index (κ2) is 25.9. The molecular weight excluding hydrogens is 1510 g/mol. The summed E-state index contributed by atoms with van der Waals surface area (Å²) < 4.78 is 9.98. The summed E-state index contributed by atoms with van der Waals surface area (Å²) in [6.07, 6.45) is 0. The van der Waals surface area contributed by atoms with Gasteiger partial charge in [0, 0.05) is 143 Å². The van der Waals surface area contributed by atoms with Crippen LogP contribution in [0.25, 0.3) is 164 Å². The van der Waals surface area contributed by atoms with E-state index in [1.165, 1.54) is 0 Å². The lowest BCUT2D eigenvalue weighted by molar-refractivity contribution is 1.27. The average Bonchev–Trinajstić information content (AvgIpc) is 1.52. The van der Waals surface area contributed by atoms with Crippen molar-refractivity contribution >= 4 is 221 Å². The first-order valence-electron chi connectivity index (χ1n) is 41.5. The third-order valence-electron chi connectivity index (χ3n) is 26.0. The molecule has 8 aromatic heterocycles. The third kappa shape index (κ3) is 9.62. The van der Waals surface area contributed by atoms with Gasteiger partial charge in [0.15, 0.2) is 0 Å². The molecule has 0 aliphatic carbocycles. The summed E-state index contributed by atoms with van der Waals surface area (Å²) in [6.45, 7) is 0. The molecule has 0 fully saturated rings. The van der Waals surface area contributed by atoms with Crippen LogP contribution < -0.4 is 19.6 Å². The molecule has 0 saturated carbocycles. The first-order chi connectivity index (χ1) is 61.3. The Morgan fingerprint density at radius 3 is 0.742 bits per heavy atom. The molecule has 8 heterocycles. The molecule has 0 spiro atoms. The van der Waals surface area contributed by atoms with E-state index in [9.17, 15) is 21.0 Å². The van der Waals surface area contributed by atoms with Crippen LogP contribution in [0.4, 0.5) is 68.2 Å². The van der Waals surface area contributed by atoms with Gasteiger partial charge >= 0.3 is 0 Å². The van der Waals surface area contributed by atoms with Gasteiger partial charge in [0.05, 0.1) is 112 Å². The van der Waals surface area contributed by atoms with E-state index in [4.69, 9.17) is 0 Å².